The summed E-state index contributed by atoms with van der Waals surface area (Å²) in [5.74, 6) is 0.0634. The van der Waals surface area contributed by atoms with E-state index in [4.69, 9.17) is 10.5 Å². The van der Waals surface area contributed by atoms with Gasteiger partial charge in [0.25, 0.3) is 5.91 Å². The predicted molar refractivity (Wildman–Crippen MR) is 81.2 cm³/mol. The highest BCUT2D eigenvalue weighted by atomic mass is 16.5. The van der Waals surface area contributed by atoms with Gasteiger partial charge in [0.05, 0.1) is 30.5 Å². The summed E-state index contributed by atoms with van der Waals surface area (Å²) in [6.45, 7) is 8.68. The third kappa shape index (κ3) is 3.44. The molecule has 1 aliphatic rings. The van der Waals surface area contributed by atoms with Crippen LogP contribution in [-0.2, 0) is 11.3 Å². The molecule has 6 nitrogen and oxygen atoms in total. The van der Waals surface area contributed by atoms with Crippen LogP contribution in [0.4, 0.5) is 0 Å². The van der Waals surface area contributed by atoms with Gasteiger partial charge in [-0.25, -0.2) is 0 Å². The second-order valence-corrected chi connectivity index (χ2v) is 5.67. The third-order valence-corrected chi connectivity index (χ3v) is 4.11. The number of carbonyl (C=O) groups excluding carboxylic acids is 1. The standard InChI is InChI=1S/C15H26N4O2/c1-4-13-10-21-11(2)9-18(13)15(20)14-8-17-19(12(14)3)7-5-6-16/h8,11,13H,4-7,9-10,16H2,1-3H3. The van der Waals surface area contributed by atoms with E-state index in [1.807, 2.05) is 23.4 Å². The number of ether oxygens (including phenoxy) is 1. The van der Waals surface area contributed by atoms with Gasteiger partial charge < -0.3 is 15.4 Å². The van der Waals surface area contributed by atoms with E-state index in [2.05, 4.69) is 12.0 Å². The summed E-state index contributed by atoms with van der Waals surface area (Å²) in [6.07, 6.45) is 3.53. The van der Waals surface area contributed by atoms with E-state index in [1.165, 1.54) is 0 Å². The van der Waals surface area contributed by atoms with Crippen LogP contribution >= 0.6 is 0 Å². The molecule has 118 valence electrons. The maximum Gasteiger partial charge on any atom is 0.257 e. The maximum atomic E-state index is 12.8. The number of hydrogen-bond donors (Lipinski definition) is 1. The topological polar surface area (TPSA) is 73.4 Å². The van der Waals surface area contributed by atoms with Gasteiger partial charge in [-0.1, -0.05) is 6.92 Å². The Morgan fingerprint density at radius 2 is 2.33 bits per heavy atom. The average molecular weight is 294 g/mol. The first-order valence-corrected chi connectivity index (χ1v) is 7.73. The summed E-state index contributed by atoms with van der Waals surface area (Å²) in [5, 5.41) is 4.32. The molecule has 2 rings (SSSR count). The lowest BCUT2D eigenvalue weighted by molar-refractivity contribution is -0.0444. The molecule has 2 N–H and O–H groups in total. The van der Waals surface area contributed by atoms with Crippen molar-refractivity contribution in [2.24, 2.45) is 5.73 Å². The zero-order valence-corrected chi connectivity index (χ0v) is 13.2. The normalized spacial score (nSPS) is 22.6. The molecule has 0 radical (unpaired) electrons. The number of nitrogens with zero attached hydrogens (tertiary/aromatic N) is 3. The van der Waals surface area contributed by atoms with Crippen LogP contribution < -0.4 is 5.73 Å². The Labute approximate surface area is 126 Å². The number of morpholine rings is 1. The molecule has 1 aliphatic heterocycles. The van der Waals surface area contributed by atoms with Crippen molar-refractivity contribution in [3.8, 4) is 0 Å². The van der Waals surface area contributed by atoms with Crippen molar-refractivity contribution in [1.82, 2.24) is 14.7 Å². The van der Waals surface area contributed by atoms with Crippen molar-refractivity contribution in [1.29, 1.82) is 0 Å². The summed E-state index contributed by atoms with van der Waals surface area (Å²) in [7, 11) is 0. The van der Waals surface area contributed by atoms with Gasteiger partial charge in [-0.15, -0.1) is 0 Å². The number of aromatic nitrogens is 2. The molecule has 0 aromatic carbocycles. The summed E-state index contributed by atoms with van der Waals surface area (Å²) in [6, 6.07) is 0.153. The van der Waals surface area contributed by atoms with Crippen molar-refractivity contribution in [2.45, 2.75) is 52.3 Å². The Balaban J connectivity index is 2.16. The van der Waals surface area contributed by atoms with Crippen LogP contribution in [0.25, 0.3) is 0 Å². The van der Waals surface area contributed by atoms with E-state index >= 15 is 0 Å². The van der Waals surface area contributed by atoms with Crippen molar-refractivity contribution in [3.05, 3.63) is 17.5 Å². The van der Waals surface area contributed by atoms with Gasteiger partial charge in [-0.3, -0.25) is 9.48 Å². The van der Waals surface area contributed by atoms with Gasteiger partial charge in [0.1, 0.15) is 0 Å². The Morgan fingerprint density at radius 1 is 1.57 bits per heavy atom. The Hall–Kier alpha value is -1.40. The van der Waals surface area contributed by atoms with Crippen molar-refractivity contribution in [2.75, 3.05) is 19.7 Å². The lowest BCUT2D eigenvalue weighted by Gasteiger charge is -2.38. The minimum Gasteiger partial charge on any atom is -0.375 e. The molecule has 1 aromatic heterocycles. The van der Waals surface area contributed by atoms with E-state index < -0.39 is 0 Å². The first-order chi connectivity index (χ1) is 10.1. The zero-order chi connectivity index (χ0) is 15.4. The highest BCUT2D eigenvalue weighted by Gasteiger charge is 2.31. The number of hydrogen-bond acceptors (Lipinski definition) is 4. The molecule has 0 spiro atoms. The molecular formula is C15H26N4O2. The number of nitrogens with two attached hydrogens (primary N) is 1. The Kier molecular flexibility index (Phi) is 5.36. The van der Waals surface area contributed by atoms with Crippen molar-refractivity contribution in [3.63, 3.8) is 0 Å². The monoisotopic (exact) mass is 294 g/mol. The molecule has 1 saturated heterocycles. The van der Waals surface area contributed by atoms with E-state index in [0.717, 1.165) is 25.1 Å². The summed E-state index contributed by atoms with van der Waals surface area (Å²) in [4.78, 5) is 14.8. The molecule has 1 aromatic rings. The van der Waals surface area contributed by atoms with E-state index in [-0.39, 0.29) is 18.1 Å². The molecule has 6 heteroatoms. The number of amides is 1. The molecular weight excluding hydrogens is 268 g/mol. The molecule has 0 aliphatic carbocycles. The quantitative estimate of drug-likeness (QED) is 0.885. The van der Waals surface area contributed by atoms with Gasteiger partial charge in [0, 0.05) is 18.8 Å². The zero-order valence-electron chi connectivity index (χ0n) is 13.2. The lowest BCUT2D eigenvalue weighted by atomic mass is 10.1. The van der Waals surface area contributed by atoms with Crippen LogP contribution in [0, 0.1) is 6.92 Å². The number of aryl methyl sites for hydroxylation is 1. The van der Waals surface area contributed by atoms with Crippen LogP contribution in [0.15, 0.2) is 6.20 Å². The van der Waals surface area contributed by atoms with Crippen LogP contribution in [0.1, 0.15) is 42.7 Å². The first-order valence-electron chi connectivity index (χ1n) is 7.73. The fourth-order valence-electron chi connectivity index (χ4n) is 2.71. The molecule has 0 bridgehead atoms. The van der Waals surface area contributed by atoms with Gasteiger partial charge in [-0.2, -0.15) is 5.10 Å². The van der Waals surface area contributed by atoms with E-state index in [9.17, 15) is 4.79 Å². The van der Waals surface area contributed by atoms with Crippen LogP contribution in [0.5, 0.6) is 0 Å². The third-order valence-electron chi connectivity index (χ3n) is 4.11. The number of rotatable bonds is 5. The van der Waals surface area contributed by atoms with Crippen molar-refractivity contribution < 1.29 is 9.53 Å². The summed E-state index contributed by atoms with van der Waals surface area (Å²) >= 11 is 0. The highest BCUT2D eigenvalue weighted by molar-refractivity contribution is 5.95. The van der Waals surface area contributed by atoms with Gasteiger partial charge in [-0.05, 0) is 33.2 Å². The maximum absolute atomic E-state index is 12.8. The number of carbonyl (C=O) groups is 1. The SMILES string of the molecule is CCC1COC(C)CN1C(=O)c1cnn(CCCN)c1C. The highest BCUT2D eigenvalue weighted by Crippen LogP contribution is 2.19. The minimum atomic E-state index is 0.0634. The molecule has 1 fully saturated rings. The molecule has 0 saturated carbocycles. The largest absolute Gasteiger partial charge is 0.375 e. The van der Waals surface area contributed by atoms with Gasteiger partial charge in [0.15, 0.2) is 0 Å². The Morgan fingerprint density at radius 3 is 3.00 bits per heavy atom. The molecule has 1 amide bonds. The second kappa shape index (κ2) is 7.04. The van der Waals surface area contributed by atoms with Crippen LogP contribution in [0.2, 0.25) is 0 Å². The average Bonchev–Trinajstić information content (AvgIpc) is 2.85. The van der Waals surface area contributed by atoms with E-state index in [0.29, 0.717) is 25.3 Å². The molecule has 2 unspecified atom stereocenters. The van der Waals surface area contributed by atoms with Crippen LogP contribution in [0.3, 0.4) is 0 Å². The summed E-state index contributed by atoms with van der Waals surface area (Å²) < 4.78 is 7.52. The van der Waals surface area contributed by atoms with Gasteiger partial charge >= 0.3 is 0 Å². The van der Waals surface area contributed by atoms with E-state index in [1.54, 1.807) is 6.20 Å². The fourth-order valence-corrected chi connectivity index (χ4v) is 2.71. The van der Waals surface area contributed by atoms with Crippen LogP contribution in [-0.4, -0.2) is 52.4 Å². The predicted octanol–water partition coefficient (Wildman–Crippen LogP) is 1.18. The minimum absolute atomic E-state index is 0.0634. The van der Waals surface area contributed by atoms with Crippen molar-refractivity contribution >= 4 is 5.91 Å². The fraction of sp³-hybridized carbons (Fsp3) is 0.733. The summed E-state index contributed by atoms with van der Waals surface area (Å²) in [5.41, 5.74) is 7.14. The molecule has 21 heavy (non-hydrogen) atoms. The first kappa shape index (κ1) is 16.0. The smallest absolute Gasteiger partial charge is 0.257 e. The Bertz CT molecular complexity index is 486. The molecule has 2 heterocycles. The van der Waals surface area contributed by atoms with Gasteiger partial charge in [0.2, 0.25) is 0 Å². The second-order valence-electron chi connectivity index (χ2n) is 5.67. The lowest BCUT2D eigenvalue weighted by Crippen LogP contribution is -2.51. The molecule has 2 atom stereocenters.